The lowest BCUT2D eigenvalue weighted by molar-refractivity contribution is -0.385. The van der Waals surface area contributed by atoms with E-state index in [2.05, 4.69) is 21.2 Å². The lowest BCUT2D eigenvalue weighted by atomic mass is 10.2. The second-order valence-corrected chi connectivity index (χ2v) is 4.66. The Morgan fingerprint density at radius 1 is 1.47 bits per heavy atom. The highest BCUT2D eigenvalue weighted by atomic mass is 79.9. The van der Waals surface area contributed by atoms with E-state index in [0.29, 0.717) is 15.7 Å². The zero-order valence-electron chi connectivity index (χ0n) is 9.84. The number of nitro groups is 1. The summed E-state index contributed by atoms with van der Waals surface area (Å²) >= 11 is 3.25. The van der Waals surface area contributed by atoms with Crippen molar-refractivity contribution in [2.45, 2.75) is 6.92 Å². The van der Waals surface area contributed by atoms with E-state index in [-0.39, 0.29) is 11.4 Å². The van der Waals surface area contributed by atoms with Crippen molar-refractivity contribution in [1.29, 1.82) is 0 Å². The zero-order chi connectivity index (χ0) is 14.0. The van der Waals surface area contributed by atoms with E-state index in [4.69, 9.17) is 4.42 Å². The van der Waals surface area contributed by atoms with Gasteiger partial charge in [-0.3, -0.25) is 14.9 Å². The number of anilines is 1. The van der Waals surface area contributed by atoms with Gasteiger partial charge in [0.15, 0.2) is 5.76 Å². The molecule has 1 amide bonds. The van der Waals surface area contributed by atoms with Crippen LogP contribution in [0.5, 0.6) is 0 Å². The van der Waals surface area contributed by atoms with E-state index in [1.807, 2.05) is 0 Å². The van der Waals surface area contributed by atoms with Gasteiger partial charge in [-0.15, -0.1) is 0 Å². The number of nitrogens with zero attached hydrogens (tertiary/aromatic N) is 1. The standard InChI is InChI=1S/C12H9BrN2O4/c1-7-5-8(13)9(6-10(7)15(17)18)14-12(16)11-3-2-4-19-11/h2-6H,1H3,(H,14,16). The third-order valence-corrected chi connectivity index (χ3v) is 3.13. The van der Waals surface area contributed by atoms with Gasteiger partial charge >= 0.3 is 0 Å². The normalized spacial score (nSPS) is 10.2. The first-order valence-electron chi connectivity index (χ1n) is 5.28. The Morgan fingerprint density at radius 3 is 2.79 bits per heavy atom. The third kappa shape index (κ3) is 2.82. The van der Waals surface area contributed by atoms with Gasteiger partial charge in [0.2, 0.25) is 0 Å². The van der Waals surface area contributed by atoms with Crippen LogP contribution < -0.4 is 5.32 Å². The van der Waals surface area contributed by atoms with Gasteiger partial charge in [-0.1, -0.05) is 0 Å². The lowest BCUT2D eigenvalue weighted by Gasteiger charge is -2.07. The summed E-state index contributed by atoms with van der Waals surface area (Å²) in [7, 11) is 0. The summed E-state index contributed by atoms with van der Waals surface area (Å²) in [6.45, 7) is 1.63. The van der Waals surface area contributed by atoms with E-state index in [1.54, 1.807) is 19.1 Å². The summed E-state index contributed by atoms with van der Waals surface area (Å²) in [5.41, 5.74) is 0.768. The van der Waals surface area contributed by atoms with Gasteiger partial charge in [0.1, 0.15) is 0 Å². The molecular formula is C12H9BrN2O4. The molecule has 1 aromatic carbocycles. The third-order valence-electron chi connectivity index (χ3n) is 2.48. The molecule has 0 aliphatic heterocycles. The Morgan fingerprint density at radius 2 is 2.21 bits per heavy atom. The van der Waals surface area contributed by atoms with E-state index in [1.165, 1.54) is 18.4 Å². The van der Waals surface area contributed by atoms with Gasteiger partial charge < -0.3 is 9.73 Å². The first kappa shape index (κ1) is 13.3. The maximum absolute atomic E-state index is 11.8. The van der Waals surface area contributed by atoms with Gasteiger partial charge in [0.05, 0.1) is 16.9 Å². The number of carbonyl (C=O) groups excluding carboxylic acids is 1. The summed E-state index contributed by atoms with van der Waals surface area (Å²) in [6.07, 6.45) is 1.38. The maximum Gasteiger partial charge on any atom is 0.291 e. The molecule has 0 spiro atoms. The smallest absolute Gasteiger partial charge is 0.291 e. The Hall–Kier alpha value is -2.15. The summed E-state index contributed by atoms with van der Waals surface area (Å²) in [6, 6.07) is 5.98. The van der Waals surface area contributed by atoms with Crippen LogP contribution in [0.1, 0.15) is 16.1 Å². The largest absolute Gasteiger partial charge is 0.459 e. The molecule has 0 atom stereocenters. The number of aryl methyl sites for hydroxylation is 1. The molecule has 2 aromatic rings. The first-order valence-corrected chi connectivity index (χ1v) is 6.07. The van der Waals surface area contributed by atoms with Gasteiger partial charge in [-0.05, 0) is 41.1 Å². The van der Waals surface area contributed by atoms with Gasteiger partial charge in [0.25, 0.3) is 11.6 Å². The van der Waals surface area contributed by atoms with Crippen molar-refractivity contribution < 1.29 is 14.1 Å². The summed E-state index contributed by atoms with van der Waals surface area (Å²) in [5, 5.41) is 13.4. The number of halogens is 1. The highest BCUT2D eigenvalue weighted by molar-refractivity contribution is 9.10. The van der Waals surface area contributed by atoms with Crippen molar-refractivity contribution in [3.63, 3.8) is 0 Å². The van der Waals surface area contributed by atoms with Gasteiger partial charge in [0, 0.05) is 16.1 Å². The Balaban J connectivity index is 2.32. The Kier molecular flexibility index (Phi) is 3.66. The number of amides is 1. The van der Waals surface area contributed by atoms with Crippen LogP contribution in [0.3, 0.4) is 0 Å². The highest BCUT2D eigenvalue weighted by Gasteiger charge is 2.17. The van der Waals surface area contributed by atoms with Gasteiger partial charge in [-0.25, -0.2) is 0 Å². The van der Waals surface area contributed by atoms with Crippen LogP contribution in [0.4, 0.5) is 11.4 Å². The molecule has 0 bridgehead atoms. The fraction of sp³-hybridized carbons (Fsp3) is 0.0833. The molecule has 0 saturated carbocycles. The lowest BCUT2D eigenvalue weighted by Crippen LogP contribution is -2.11. The first-order chi connectivity index (χ1) is 8.99. The van der Waals surface area contributed by atoms with Crippen molar-refractivity contribution in [3.8, 4) is 0 Å². The topological polar surface area (TPSA) is 85.4 Å². The summed E-state index contributed by atoms with van der Waals surface area (Å²) in [5.74, 6) is -0.334. The van der Waals surface area contributed by atoms with Crippen LogP contribution >= 0.6 is 15.9 Å². The van der Waals surface area contributed by atoms with Crippen LogP contribution in [0.15, 0.2) is 39.4 Å². The monoisotopic (exact) mass is 324 g/mol. The molecule has 19 heavy (non-hydrogen) atoms. The molecular weight excluding hydrogens is 316 g/mol. The molecule has 0 saturated heterocycles. The molecule has 6 nitrogen and oxygen atoms in total. The molecule has 1 N–H and O–H groups in total. The fourth-order valence-electron chi connectivity index (χ4n) is 1.55. The van der Waals surface area contributed by atoms with Crippen molar-refractivity contribution in [2.75, 3.05) is 5.32 Å². The average Bonchev–Trinajstić information content (AvgIpc) is 2.85. The predicted molar refractivity (Wildman–Crippen MR) is 72.2 cm³/mol. The SMILES string of the molecule is Cc1cc(Br)c(NC(=O)c2ccco2)cc1[N+](=O)[O-]. The number of nitro benzene ring substituents is 1. The molecule has 0 aliphatic carbocycles. The number of nitrogens with one attached hydrogen (secondary N) is 1. The predicted octanol–water partition coefficient (Wildman–Crippen LogP) is 3.51. The van der Waals surface area contributed by atoms with E-state index < -0.39 is 10.8 Å². The average molecular weight is 325 g/mol. The van der Waals surface area contributed by atoms with Crippen molar-refractivity contribution in [3.05, 3.63) is 56.4 Å². The van der Waals surface area contributed by atoms with Crippen LogP contribution in [-0.2, 0) is 0 Å². The number of furan rings is 1. The van der Waals surface area contributed by atoms with Crippen LogP contribution in [-0.4, -0.2) is 10.8 Å². The summed E-state index contributed by atoms with van der Waals surface area (Å²) in [4.78, 5) is 22.2. The van der Waals surface area contributed by atoms with Crippen LogP contribution in [0, 0.1) is 17.0 Å². The minimum absolute atomic E-state index is 0.0575. The minimum Gasteiger partial charge on any atom is -0.459 e. The van der Waals surface area contributed by atoms with Crippen molar-refractivity contribution >= 4 is 33.2 Å². The van der Waals surface area contributed by atoms with Crippen LogP contribution in [0.2, 0.25) is 0 Å². The molecule has 0 radical (unpaired) electrons. The number of hydrogen-bond donors (Lipinski definition) is 1. The number of carbonyl (C=O) groups is 1. The quantitative estimate of drug-likeness (QED) is 0.691. The second kappa shape index (κ2) is 5.23. The van der Waals surface area contributed by atoms with Gasteiger partial charge in [-0.2, -0.15) is 0 Å². The van der Waals surface area contributed by atoms with Crippen LogP contribution in [0.25, 0.3) is 0 Å². The number of benzene rings is 1. The molecule has 0 aliphatic rings. The van der Waals surface area contributed by atoms with E-state index in [0.717, 1.165) is 0 Å². The summed E-state index contributed by atoms with van der Waals surface area (Å²) < 4.78 is 5.51. The van der Waals surface area contributed by atoms with Crippen molar-refractivity contribution in [1.82, 2.24) is 0 Å². The van der Waals surface area contributed by atoms with E-state index >= 15 is 0 Å². The molecule has 2 rings (SSSR count). The van der Waals surface area contributed by atoms with E-state index in [9.17, 15) is 14.9 Å². The fourth-order valence-corrected chi connectivity index (χ4v) is 2.10. The van der Waals surface area contributed by atoms with Crippen molar-refractivity contribution in [2.24, 2.45) is 0 Å². The highest BCUT2D eigenvalue weighted by Crippen LogP contribution is 2.30. The minimum atomic E-state index is -0.496. The Labute approximate surface area is 116 Å². The molecule has 7 heteroatoms. The number of hydrogen-bond acceptors (Lipinski definition) is 4. The second-order valence-electron chi connectivity index (χ2n) is 3.81. The zero-order valence-corrected chi connectivity index (χ0v) is 11.4. The maximum atomic E-state index is 11.8. The number of rotatable bonds is 3. The molecule has 98 valence electrons. The molecule has 1 aromatic heterocycles. The molecule has 0 fully saturated rings. The Bertz CT molecular complexity index is 637. The molecule has 0 unspecified atom stereocenters. The molecule has 1 heterocycles.